The minimum Gasteiger partial charge on any atom is -0.316 e. The monoisotopic (exact) mass is 513 g/mol. The van der Waals surface area contributed by atoms with Crippen molar-refractivity contribution in [3.8, 4) is 0 Å². The van der Waals surface area contributed by atoms with Crippen molar-refractivity contribution >= 4 is 35.1 Å². The average molecular weight is 514 g/mol. The van der Waals surface area contributed by atoms with Gasteiger partial charge in [0, 0.05) is 21.3 Å². The Labute approximate surface area is 196 Å². The molecule has 1 N–H and O–H groups in total. The molecular formula is C22H22ClF6NS2. The van der Waals surface area contributed by atoms with Gasteiger partial charge >= 0.3 is 12.4 Å². The molecular weight excluding hydrogens is 492 g/mol. The molecule has 1 heterocycles. The molecule has 0 amide bonds. The molecule has 0 saturated carbocycles. The lowest BCUT2D eigenvalue weighted by molar-refractivity contribution is -0.325. The molecule has 0 spiro atoms. The smallest absolute Gasteiger partial charge is 0.316 e. The molecule has 3 rings (SSSR count). The molecule has 0 unspecified atom stereocenters. The van der Waals surface area contributed by atoms with Gasteiger partial charge in [-0.1, -0.05) is 29.8 Å². The molecule has 32 heavy (non-hydrogen) atoms. The second-order valence-corrected chi connectivity index (χ2v) is 10.3. The van der Waals surface area contributed by atoms with Crippen LogP contribution in [0.2, 0.25) is 5.02 Å². The summed E-state index contributed by atoms with van der Waals surface area (Å²) in [7, 11) is 0. The molecule has 2 aromatic rings. The number of halogens is 7. The Morgan fingerprint density at radius 1 is 0.875 bits per heavy atom. The number of rotatable bonds is 6. The van der Waals surface area contributed by atoms with Gasteiger partial charge in [0.2, 0.25) is 0 Å². The Morgan fingerprint density at radius 2 is 1.50 bits per heavy atom. The van der Waals surface area contributed by atoms with Gasteiger partial charge in [-0.25, -0.2) is 0 Å². The fraction of sp³-hybridized carbons (Fsp3) is 0.455. The maximum Gasteiger partial charge on any atom is 0.403 e. The Morgan fingerprint density at radius 3 is 2.12 bits per heavy atom. The Balaban J connectivity index is 1.66. The van der Waals surface area contributed by atoms with E-state index < -0.39 is 23.5 Å². The summed E-state index contributed by atoms with van der Waals surface area (Å²) in [5.41, 5.74) is -0.353. The summed E-state index contributed by atoms with van der Waals surface area (Å²) in [5, 5.41) is 4.05. The van der Waals surface area contributed by atoms with Crippen molar-refractivity contribution in [1.29, 1.82) is 0 Å². The third-order valence-electron chi connectivity index (χ3n) is 5.52. The lowest BCUT2D eigenvalue weighted by Crippen LogP contribution is -2.49. The van der Waals surface area contributed by atoms with Crippen LogP contribution in [0.3, 0.4) is 0 Å². The van der Waals surface area contributed by atoms with Gasteiger partial charge in [-0.2, -0.15) is 26.3 Å². The van der Waals surface area contributed by atoms with Crippen molar-refractivity contribution in [1.82, 2.24) is 5.32 Å². The van der Waals surface area contributed by atoms with Crippen molar-refractivity contribution in [2.24, 2.45) is 5.41 Å². The number of alkyl halides is 6. The first-order chi connectivity index (χ1) is 14.9. The lowest BCUT2D eigenvalue weighted by Gasteiger charge is -2.33. The molecule has 0 bridgehead atoms. The third-order valence-corrected chi connectivity index (χ3v) is 8.50. The quantitative estimate of drug-likeness (QED) is 0.316. The topological polar surface area (TPSA) is 12.0 Å². The Bertz CT molecular complexity index is 914. The molecule has 0 aliphatic carbocycles. The molecule has 1 aliphatic rings. The highest BCUT2D eigenvalue weighted by Crippen LogP contribution is 2.52. The third kappa shape index (κ3) is 5.72. The molecule has 0 aromatic heterocycles. The maximum absolute atomic E-state index is 13.1. The van der Waals surface area contributed by atoms with Crippen LogP contribution in [0.25, 0.3) is 0 Å². The number of thioether (sulfide) groups is 2. The summed E-state index contributed by atoms with van der Waals surface area (Å²) >= 11 is 8.58. The molecule has 10 heteroatoms. The van der Waals surface area contributed by atoms with Crippen LogP contribution in [0.1, 0.15) is 23.6 Å². The standard InChI is InChI=1S/C22H22ClF6NS2/c1-20(21(24,25)26,22(27,28)29)13-32-16-5-2-14(3-6-16)12-31-19-17-9-11-30-10-8-15(17)4-7-18(19)23/h2-7,30H,8-13H2,1H3. The van der Waals surface area contributed by atoms with Crippen LogP contribution in [0.5, 0.6) is 0 Å². The first-order valence-electron chi connectivity index (χ1n) is 9.91. The van der Waals surface area contributed by atoms with E-state index in [-0.39, 0.29) is 6.92 Å². The zero-order valence-electron chi connectivity index (χ0n) is 17.2. The fourth-order valence-corrected chi connectivity index (χ4v) is 5.82. The van der Waals surface area contributed by atoms with Crippen molar-refractivity contribution in [3.63, 3.8) is 0 Å². The molecule has 0 fully saturated rings. The number of hydrogen-bond acceptors (Lipinski definition) is 3. The first kappa shape index (κ1) is 25.6. The van der Waals surface area contributed by atoms with E-state index in [0.29, 0.717) is 27.4 Å². The summed E-state index contributed by atoms with van der Waals surface area (Å²) in [6.45, 7) is 1.99. The zero-order valence-corrected chi connectivity index (χ0v) is 19.6. The van der Waals surface area contributed by atoms with Gasteiger partial charge in [-0.3, -0.25) is 0 Å². The molecule has 0 saturated heterocycles. The molecule has 2 aromatic carbocycles. The van der Waals surface area contributed by atoms with Gasteiger partial charge in [0.25, 0.3) is 0 Å². The van der Waals surface area contributed by atoms with Gasteiger partial charge in [0.1, 0.15) is 0 Å². The van der Waals surface area contributed by atoms with E-state index >= 15 is 0 Å². The van der Waals surface area contributed by atoms with Crippen LogP contribution in [-0.2, 0) is 18.6 Å². The van der Waals surface area contributed by atoms with Crippen LogP contribution >= 0.6 is 35.1 Å². The van der Waals surface area contributed by atoms with E-state index in [9.17, 15) is 26.3 Å². The number of nitrogens with one attached hydrogen (secondary N) is 1. The summed E-state index contributed by atoms with van der Waals surface area (Å²) in [4.78, 5) is 1.38. The van der Waals surface area contributed by atoms with Crippen LogP contribution in [-0.4, -0.2) is 31.2 Å². The maximum atomic E-state index is 13.1. The van der Waals surface area contributed by atoms with Crippen molar-refractivity contribution in [2.45, 2.75) is 47.7 Å². The molecule has 176 valence electrons. The fourth-order valence-electron chi connectivity index (χ4n) is 3.26. The van der Waals surface area contributed by atoms with E-state index in [1.165, 1.54) is 11.1 Å². The predicted octanol–water partition coefficient (Wildman–Crippen LogP) is 7.54. The van der Waals surface area contributed by atoms with Crippen molar-refractivity contribution in [3.05, 3.63) is 58.1 Å². The molecule has 1 aliphatic heterocycles. The highest BCUT2D eigenvalue weighted by atomic mass is 35.5. The van der Waals surface area contributed by atoms with E-state index in [1.807, 2.05) is 6.07 Å². The van der Waals surface area contributed by atoms with E-state index in [1.54, 1.807) is 36.0 Å². The molecule has 1 nitrogen and oxygen atoms in total. The largest absolute Gasteiger partial charge is 0.403 e. The highest BCUT2D eigenvalue weighted by Gasteiger charge is 2.67. The summed E-state index contributed by atoms with van der Waals surface area (Å²) < 4.78 is 78.3. The highest BCUT2D eigenvalue weighted by molar-refractivity contribution is 7.99. The van der Waals surface area contributed by atoms with Gasteiger partial charge in [-0.05, 0) is 67.7 Å². The minimum atomic E-state index is -5.38. The Hall–Kier alpha value is -1.03. The van der Waals surface area contributed by atoms with Crippen molar-refractivity contribution < 1.29 is 26.3 Å². The van der Waals surface area contributed by atoms with Crippen LogP contribution in [0.4, 0.5) is 26.3 Å². The first-order valence-corrected chi connectivity index (χ1v) is 12.3. The van der Waals surface area contributed by atoms with E-state index in [4.69, 9.17) is 11.6 Å². The zero-order chi connectivity index (χ0) is 23.6. The van der Waals surface area contributed by atoms with Crippen LogP contribution in [0, 0.1) is 5.41 Å². The second kappa shape index (κ2) is 10.1. The lowest BCUT2D eigenvalue weighted by atomic mass is 9.92. The van der Waals surface area contributed by atoms with Crippen LogP contribution < -0.4 is 5.32 Å². The summed E-state index contributed by atoms with van der Waals surface area (Å²) in [6, 6.07) is 10.5. The number of fused-ring (bicyclic) bond motifs is 1. The van der Waals surface area contributed by atoms with Crippen LogP contribution in [0.15, 0.2) is 46.2 Å². The summed E-state index contributed by atoms with van der Waals surface area (Å²) in [6.07, 6.45) is -8.94. The van der Waals surface area contributed by atoms with Gasteiger partial charge in [0.05, 0.1) is 5.02 Å². The van der Waals surface area contributed by atoms with Gasteiger partial charge in [0.15, 0.2) is 5.41 Å². The number of hydrogen-bond donors (Lipinski definition) is 1. The summed E-state index contributed by atoms with van der Waals surface area (Å²) in [5.74, 6) is -0.536. The number of benzene rings is 2. The minimum absolute atomic E-state index is 0.201. The SMILES string of the molecule is CC(CSc1ccc(CSc2c(Cl)ccc3c2CCNCC3)cc1)(C(F)(F)F)C(F)(F)F. The van der Waals surface area contributed by atoms with E-state index in [2.05, 4.69) is 11.4 Å². The molecule has 0 radical (unpaired) electrons. The van der Waals surface area contributed by atoms with Gasteiger partial charge < -0.3 is 5.32 Å². The molecule has 0 atom stereocenters. The van der Waals surface area contributed by atoms with E-state index in [0.717, 1.165) is 36.4 Å². The second-order valence-electron chi connectivity index (χ2n) is 7.81. The average Bonchev–Trinajstić information content (AvgIpc) is 2.96. The van der Waals surface area contributed by atoms with Crippen molar-refractivity contribution in [2.75, 3.05) is 18.8 Å². The normalized spacial score (nSPS) is 15.4. The predicted molar refractivity (Wildman–Crippen MR) is 119 cm³/mol. The Kier molecular flexibility index (Phi) is 8.06. The van der Waals surface area contributed by atoms with Gasteiger partial charge in [-0.15, -0.1) is 23.5 Å².